The summed E-state index contributed by atoms with van der Waals surface area (Å²) in [5.41, 5.74) is 4.52. The van der Waals surface area contributed by atoms with Crippen LogP contribution in [-0.4, -0.2) is 40.1 Å². The predicted molar refractivity (Wildman–Crippen MR) is 109 cm³/mol. The van der Waals surface area contributed by atoms with Crippen molar-refractivity contribution in [3.63, 3.8) is 0 Å². The van der Waals surface area contributed by atoms with E-state index in [1.165, 1.54) is 16.8 Å². The monoisotopic (exact) mass is 375 g/mol. The van der Waals surface area contributed by atoms with E-state index in [1.54, 1.807) is 0 Å². The van der Waals surface area contributed by atoms with Crippen LogP contribution in [0.5, 0.6) is 0 Å². The van der Waals surface area contributed by atoms with E-state index in [0.29, 0.717) is 6.42 Å². The van der Waals surface area contributed by atoms with Gasteiger partial charge in [-0.3, -0.25) is 15.0 Å². The van der Waals surface area contributed by atoms with Crippen molar-refractivity contribution in [3.8, 4) is 0 Å². The normalized spacial score (nSPS) is 21.6. The number of nitrogens with zero attached hydrogens (tertiary/aromatic N) is 1. The van der Waals surface area contributed by atoms with Crippen LogP contribution < -0.4 is 5.32 Å². The van der Waals surface area contributed by atoms with E-state index in [1.807, 2.05) is 18.2 Å². The Balaban J connectivity index is 1.45. The molecule has 0 saturated carbocycles. The Morgan fingerprint density at radius 2 is 1.79 bits per heavy atom. The highest BCUT2D eigenvalue weighted by molar-refractivity contribution is 5.87. The van der Waals surface area contributed by atoms with Gasteiger partial charge in [-0.25, -0.2) is 0 Å². The number of aromatic amines is 1. The fourth-order valence-corrected chi connectivity index (χ4v) is 4.96. The average Bonchev–Trinajstić information content (AvgIpc) is 3.10. The Hall–Kier alpha value is -2.63. The lowest BCUT2D eigenvalue weighted by Crippen LogP contribution is -2.59. The summed E-state index contributed by atoms with van der Waals surface area (Å²) in [5, 5.41) is 14.4. The summed E-state index contributed by atoms with van der Waals surface area (Å²) in [7, 11) is 0. The molecule has 1 atom stereocenters. The summed E-state index contributed by atoms with van der Waals surface area (Å²) >= 11 is 0. The van der Waals surface area contributed by atoms with Gasteiger partial charge in [-0.15, -0.1) is 0 Å². The minimum absolute atomic E-state index is 0.289. The molecule has 5 rings (SSSR count). The molecule has 2 aliphatic heterocycles. The number of carboxylic acids is 1. The smallest absolute Gasteiger partial charge is 0.321 e. The zero-order valence-electron chi connectivity index (χ0n) is 15.8. The number of hydrogen-bond donors (Lipinski definition) is 3. The molecule has 3 aromatic rings. The fourth-order valence-electron chi connectivity index (χ4n) is 4.96. The van der Waals surface area contributed by atoms with Crippen molar-refractivity contribution in [1.82, 2.24) is 15.2 Å². The average molecular weight is 375 g/mol. The Bertz CT molecular complexity index is 1000. The van der Waals surface area contributed by atoms with E-state index in [4.69, 9.17) is 0 Å². The molecule has 1 saturated heterocycles. The Labute approximate surface area is 164 Å². The number of likely N-dealkylation sites (tertiary alicyclic amines) is 1. The highest BCUT2D eigenvalue weighted by atomic mass is 16.4. The Morgan fingerprint density at radius 1 is 1.07 bits per heavy atom. The van der Waals surface area contributed by atoms with Crippen molar-refractivity contribution < 1.29 is 9.90 Å². The molecule has 0 radical (unpaired) electrons. The Morgan fingerprint density at radius 3 is 2.54 bits per heavy atom. The number of fused-ring (bicyclic) bond motifs is 4. The maximum atomic E-state index is 11.9. The number of aliphatic carboxylic acids is 1. The number of nitrogens with one attached hydrogen (secondary N) is 2. The lowest BCUT2D eigenvalue weighted by atomic mass is 9.77. The molecule has 5 nitrogen and oxygen atoms in total. The van der Waals surface area contributed by atoms with E-state index in [0.717, 1.165) is 43.4 Å². The molecule has 5 heteroatoms. The van der Waals surface area contributed by atoms with Crippen LogP contribution in [0.4, 0.5) is 0 Å². The molecule has 144 valence electrons. The second-order valence-corrected chi connectivity index (χ2v) is 8.11. The standard InChI is InChI=1S/C23H25N3O2/c27-22(28)20-14-18-17-8-4-5-9-19(17)24-21(18)23(25-20)10-12-26(13-11-23)15-16-6-2-1-3-7-16/h1-9,20,24-25H,10-15H2,(H,27,28). The van der Waals surface area contributed by atoms with Crippen LogP contribution in [0.25, 0.3) is 10.9 Å². The van der Waals surface area contributed by atoms with Crippen LogP contribution in [0.3, 0.4) is 0 Å². The van der Waals surface area contributed by atoms with Crippen molar-refractivity contribution in [2.75, 3.05) is 13.1 Å². The van der Waals surface area contributed by atoms with Gasteiger partial charge in [0, 0.05) is 42.7 Å². The van der Waals surface area contributed by atoms with Gasteiger partial charge in [0.05, 0.1) is 5.54 Å². The first-order valence-electron chi connectivity index (χ1n) is 10.0. The van der Waals surface area contributed by atoms with Crippen LogP contribution in [0.2, 0.25) is 0 Å². The number of H-pyrrole nitrogens is 1. The zero-order valence-corrected chi connectivity index (χ0v) is 15.8. The highest BCUT2D eigenvalue weighted by Gasteiger charge is 2.45. The van der Waals surface area contributed by atoms with Crippen LogP contribution in [0.1, 0.15) is 29.7 Å². The highest BCUT2D eigenvalue weighted by Crippen LogP contribution is 2.41. The first-order valence-corrected chi connectivity index (χ1v) is 10.0. The number of benzene rings is 2. The molecule has 0 amide bonds. The number of piperidine rings is 1. The van der Waals surface area contributed by atoms with E-state index < -0.39 is 12.0 Å². The molecular weight excluding hydrogens is 350 g/mol. The van der Waals surface area contributed by atoms with Crippen LogP contribution >= 0.6 is 0 Å². The van der Waals surface area contributed by atoms with Crippen molar-refractivity contribution >= 4 is 16.9 Å². The van der Waals surface area contributed by atoms with Crippen LogP contribution in [-0.2, 0) is 23.3 Å². The second kappa shape index (κ2) is 6.76. The minimum Gasteiger partial charge on any atom is -0.480 e. The Kier molecular flexibility index (Phi) is 4.22. The number of carbonyl (C=O) groups is 1. The molecular formula is C23H25N3O2. The molecule has 3 N–H and O–H groups in total. The summed E-state index contributed by atoms with van der Waals surface area (Å²) in [6, 6.07) is 18.3. The maximum Gasteiger partial charge on any atom is 0.321 e. The predicted octanol–water partition coefficient (Wildman–Crippen LogP) is 3.26. The summed E-state index contributed by atoms with van der Waals surface area (Å²) in [6.45, 7) is 2.84. The maximum absolute atomic E-state index is 11.9. The van der Waals surface area contributed by atoms with Gasteiger partial charge in [-0.2, -0.15) is 0 Å². The topological polar surface area (TPSA) is 68.4 Å². The van der Waals surface area contributed by atoms with Crippen molar-refractivity contribution in [2.24, 2.45) is 0 Å². The van der Waals surface area contributed by atoms with Gasteiger partial charge in [0.1, 0.15) is 6.04 Å². The van der Waals surface area contributed by atoms with Gasteiger partial charge >= 0.3 is 5.97 Å². The van der Waals surface area contributed by atoms with Gasteiger partial charge in [0.25, 0.3) is 0 Å². The molecule has 3 heterocycles. The molecule has 1 fully saturated rings. The second-order valence-electron chi connectivity index (χ2n) is 8.11. The molecule has 1 spiro atoms. The lowest BCUT2D eigenvalue weighted by molar-refractivity contribution is -0.140. The lowest BCUT2D eigenvalue weighted by Gasteiger charge is -2.46. The number of hydrogen-bond acceptors (Lipinski definition) is 3. The number of aromatic nitrogens is 1. The third-order valence-electron chi connectivity index (χ3n) is 6.41. The van der Waals surface area contributed by atoms with Crippen LogP contribution in [0, 0.1) is 0 Å². The van der Waals surface area contributed by atoms with E-state index in [2.05, 4.69) is 51.6 Å². The van der Waals surface area contributed by atoms with Gasteiger partial charge < -0.3 is 10.1 Å². The largest absolute Gasteiger partial charge is 0.480 e. The quantitative estimate of drug-likeness (QED) is 0.657. The number of rotatable bonds is 3. The van der Waals surface area contributed by atoms with E-state index >= 15 is 0 Å². The van der Waals surface area contributed by atoms with Gasteiger partial charge in [0.2, 0.25) is 0 Å². The molecule has 2 aliphatic rings. The molecule has 2 aromatic carbocycles. The number of carboxylic acid groups (broad SMARTS) is 1. The summed E-state index contributed by atoms with van der Waals surface area (Å²) in [4.78, 5) is 18.0. The molecule has 1 unspecified atom stereocenters. The van der Waals surface area contributed by atoms with Gasteiger partial charge in [-0.1, -0.05) is 48.5 Å². The van der Waals surface area contributed by atoms with E-state index in [9.17, 15) is 9.90 Å². The molecule has 0 bridgehead atoms. The van der Waals surface area contributed by atoms with Crippen LogP contribution in [0.15, 0.2) is 54.6 Å². The van der Waals surface area contributed by atoms with E-state index in [-0.39, 0.29) is 5.54 Å². The first kappa shape index (κ1) is 17.5. The number of para-hydroxylation sites is 1. The minimum atomic E-state index is -0.762. The molecule has 1 aromatic heterocycles. The SMILES string of the molecule is O=C(O)C1Cc2c([nH]c3ccccc23)C2(CCN(Cc3ccccc3)CC2)N1. The van der Waals surface area contributed by atoms with Crippen molar-refractivity contribution in [2.45, 2.75) is 37.4 Å². The molecule has 0 aliphatic carbocycles. The summed E-state index contributed by atoms with van der Waals surface area (Å²) in [5.74, 6) is -0.762. The van der Waals surface area contributed by atoms with Gasteiger partial charge in [-0.05, 0) is 30.0 Å². The van der Waals surface area contributed by atoms with Crippen molar-refractivity contribution in [3.05, 3.63) is 71.4 Å². The van der Waals surface area contributed by atoms with Gasteiger partial charge in [0.15, 0.2) is 0 Å². The third kappa shape index (κ3) is 2.91. The first-order chi connectivity index (χ1) is 13.6. The molecule has 28 heavy (non-hydrogen) atoms. The van der Waals surface area contributed by atoms with Crippen molar-refractivity contribution in [1.29, 1.82) is 0 Å². The fraction of sp³-hybridized carbons (Fsp3) is 0.348. The third-order valence-corrected chi connectivity index (χ3v) is 6.41. The summed E-state index contributed by atoms with van der Waals surface area (Å²) < 4.78 is 0. The summed E-state index contributed by atoms with van der Waals surface area (Å²) in [6.07, 6.45) is 2.34. The zero-order chi connectivity index (χ0) is 19.1.